The number of hydrogen-bond donors (Lipinski definition) is 2. The van der Waals surface area contributed by atoms with Crippen molar-refractivity contribution in [2.24, 2.45) is 0 Å². The van der Waals surface area contributed by atoms with E-state index in [0.717, 1.165) is 33.6 Å². The third-order valence-corrected chi connectivity index (χ3v) is 4.65. The molecule has 0 aliphatic heterocycles. The molecule has 2 N–H and O–H groups in total. The molecule has 0 aromatic heterocycles. The molecule has 0 unspecified atom stereocenters. The van der Waals surface area contributed by atoms with Gasteiger partial charge in [-0.25, -0.2) is 0 Å². The predicted molar refractivity (Wildman–Crippen MR) is 87.7 cm³/mol. The quantitative estimate of drug-likeness (QED) is 0.295. The van der Waals surface area contributed by atoms with Crippen LogP contribution in [0.1, 0.15) is 11.1 Å². The number of ether oxygens (including phenoxy) is 1. The van der Waals surface area contributed by atoms with Crippen molar-refractivity contribution in [2.75, 3.05) is 24.4 Å². The fourth-order valence-electron chi connectivity index (χ4n) is 1.26. The van der Waals surface area contributed by atoms with Gasteiger partial charge >= 0.3 is 0 Å². The van der Waals surface area contributed by atoms with Crippen molar-refractivity contribution >= 4 is 58.0 Å². The second-order valence-corrected chi connectivity index (χ2v) is 6.72. The maximum atomic E-state index is 7.37. The SMILES string of the molecule is Cc1cc(NCOCCSI)c(C=N)cc1Br. The molecule has 0 aliphatic rings. The molecule has 0 heterocycles. The van der Waals surface area contributed by atoms with Crippen LogP contribution in [0.4, 0.5) is 5.69 Å². The minimum atomic E-state index is 0.471. The van der Waals surface area contributed by atoms with Crippen LogP contribution < -0.4 is 5.32 Å². The molecule has 0 spiro atoms. The molecule has 0 fully saturated rings. The molecule has 0 saturated carbocycles. The van der Waals surface area contributed by atoms with Gasteiger partial charge in [-0.2, -0.15) is 0 Å². The number of hydrogen-bond acceptors (Lipinski definition) is 4. The number of rotatable bonds is 7. The molecule has 0 aliphatic carbocycles. The summed E-state index contributed by atoms with van der Waals surface area (Å²) in [6.07, 6.45) is 1.34. The van der Waals surface area contributed by atoms with Crippen LogP contribution in [0, 0.1) is 12.3 Å². The van der Waals surface area contributed by atoms with Crippen molar-refractivity contribution < 1.29 is 4.74 Å². The highest BCUT2D eigenvalue weighted by Gasteiger charge is 2.03. The van der Waals surface area contributed by atoms with Gasteiger partial charge in [0, 0.05) is 27.7 Å². The first-order chi connectivity index (χ1) is 8.19. The van der Waals surface area contributed by atoms with E-state index in [1.165, 1.54) is 6.21 Å². The Balaban J connectivity index is 2.57. The van der Waals surface area contributed by atoms with E-state index in [2.05, 4.69) is 42.5 Å². The Kier molecular flexibility index (Phi) is 7.49. The van der Waals surface area contributed by atoms with Crippen LogP contribution in [0.15, 0.2) is 16.6 Å². The lowest BCUT2D eigenvalue weighted by molar-refractivity contribution is 0.169. The van der Waals surface area contributed by atoms with E-state index in [4.69, 9.17) is 10.1 Å². The smallest absolute Gasteiger partial charge is 0.116 e. The molecule has 0 bridgehead atoms. The van der Waals surface area contributed by atoms with Crippen LogP contribution in [-0.2, 0) is 4.74 Å². The Bertz CT molecular complexity index is 390. The molecule has 17 heavy (non-hydrogen) atoms. The normalized spacial score (nSPS) is 10.3. The minimum absolute atomic E-state index is 0.471. The summed E-state index contributed by atoms with van der Waals surface area (Å²) in [5.74, 6) is 0.985. The van der Waals surface area contributed by atoms with Crippen molar-refractivity contribution in [3.05, 3.63) is 27.7 Å². The number of benzene rings is 1. The van der Waals surface area contributed by atoms with Crippen molar-refractivity contribution in [1.29, 1.82) is 5.41 Å². The van der Waals surface area contributed by atoms with Gasteiger partial charge in [0.25, 0.3) is 0 Å². The molecular weight excluding hydrogens is 415 g/mol. The Hall–Kier alpha value is 0.210. The first-order valence-electron chi connectivity index (χ1n) is 5.04. The van der Waals surface area contributed by atoms with Crippen LogP contribution in [0.25, 0.3) is 0 Å². The van der Waals surface area contributed by atoms with Crippen molar-refractivity contribution in [1.82, 2.24) is 0 Å². The lowest BCUT2D eigenvalue weighted by atomic mass is 10.1. The van der Waals surface area contributed by atoms with Crippen LogP contribution in [0.2, 0.25) is 0 Å². The van der Waals surface area contributed by atoms with Crippen molar-refractivity contribution in [3.8, 4) is 0 Å². The summed E-state index contributed by atoms with van der Waals surface area (Å²) in [5, 5.41) is 10.6. The maximum Gasteiger partial charge on any atom is 0.116 e. The molecule has 0 saturated heterocycles. The van der Waals surface area contributed by atoms with Gasteiger partial charge in [-0.05, 0) is 45.8 Å². The zero-order valence-corrected chi connectivity index (χ0v) is 14.0. The van der Waals surface area contributed by atoms with Gasteiger partial charge in [0.2, 0.25) is 0 Å². The van der Waals surface area contributed by atoms with E-state index >= 15 is 0 Å². The fourth-order valence-corrected chi connectivity index (χ4v) is 2.34. The summed E-state index contributed by atoms with van der Waals surface area (Å²) >= 11 is 5.71. The monoisotopic (exact) mass is 428 g/mol. The average Bonchev–Trinajstić information content (AvgIpc) is 2.33. The fraction of sp³-hybridized carbons (Fsp3) is 0.364. The summed E-state index contributed by atoms with van der Waals surface area (Å²) in [6.45, 7) is 3.23. The van der Waals surface area contributed by atoms with Crippen LogP contribution in [0.5, 0.6) is 0 Å². The summed E-state index contributed by atoms with van der Waals surface area (Å²) in [5.41, 5.74) is 2.93. The van der Waals surface area contributed by atoms with E-state index in [0.29, 0.717) is 6.73 Å². The van der Waals surface area contributed by atoms with Crippen LogP contribution in [-0.4, -0.2) is 25.3 Å². The summed E-state index contributed by atoms with van der Waals surface area (Å²) in [4.78, 5) is 0. The molecule has 1 aromatic rings. The zero-order valence-electron chi connectivity index (χ0n) is 9.43. The molecular formula is C11H14BrIN2OS. The highest BCUT2D eigenvalue weighted by molar-refractivity contribution is 14.2. The average molecular weight is 429 g/mol. The first kappa shape index (κ1) is 15.3. The van der Waals surface area contributed by atoms with Gasteiger partial charge in [-0.15, -0.1) is 0 Å². The second kappa shape index (κ2) is 8.34. The minimum Gasteiger partial charge on any atom is -0.362 e. The van der Waals surface area contributed by atoms with E-state index in [1.54, 1.807) is 8.93 Å². The topological polar surface area (TPSA) is 45.1 Å². The van der Waals surface area contributed by atoms with E-state index in [1.807, 2.05) is 19.1 Å². The van der Waals surface area contributed by atoms with Gasteiger partial charge in [-0.1, -0.05) is 24.9 Å². The van der Waals surface area contributed by atoms with Crippen LogP contribution in [0.3, 0.4) is 0 Å². The lowest BCUT2D eigenvalue weighted by Gasteiger charge is -2.11. The summed E-state index contributed by atoms with van der Waals surface area (Å²) in [7, 11) is 1.73. The number of aryl methyl sites for hydroxylation is 1. The molecule has 1 aromatic carbocycles. The van der Waals surface area contributed by atoms with Gasteiger partial charge < -0.3 is 15.5 Å². The number of nitrogens with one attached hydrogen (secondary N) is 2. The maximum absolute atomic E-state index is 7.37. The largest absolute Gasteiger partial charge is 0.362 e. The van der Waals surface area contributed by atoms with Gasteiger partial charge in [0.15, 0.2) is 0 Å². The Labute approximate surface area is 126 Å². The van der Waals surface area contributed by atoms with Crippen molar-refractivity contribution in [3.63, 3.8) is 0 Å². The Morgan fingerprint density at radius 3 is 3.00 bits per heavy atom. The van der Waals surface area contributed by atoms with E-state index < -0.39 is 0 Å². The Morgan fingerprint density at radius 2 is 2.35 bits per heavy atom. The number of anilines is 1. The standard InChI is InChI=1S/C11H14BrIN2OS/c1-8-4-11(9(6-14)5-10(8)12)15-7-16-2-3-17-13/h4-6,14-15H,2-3,7H2,1H3. The van der Waals surface area contributed by atoms with Gasteiger partial charge in [-0.3, -0.25) is 0 Å². The molecule has 6 heteroatoms. The summed E-state index contributed by atoms with van der Waals surface area (Å²) < 4.78 is 6.44. The predicted octanol–water partition coefficient (Wildman–Crippen LogP) is 4.22. The molecule has 3 nitrogen and oxygen atoms in total. The van der Waals surface area contributed by atoms with E-state index in [-0.39, 0.29) is 0 Å². The number of halogens is 2. The summed E-state index contributed by atoms with van der Waals surface area (Å²) in [6, 6.07) is 3.95. The Morgan fingerprint density at radius 1 is 1.59 bits per heavy atom. The van der Waals surface area contributed by atoms with Crippen LogP contribution >= 0.6 is 46.1 Å². The highest BCUT2D eigenvalue weighted by Crippen LogP contribution is 2.24. The second-order valence-electron chi connectivity index (χ2n) is 3.38. The molecule has 1 rings (SSSR count). The molecule has 0 radical (unpaired) electrons. The molecule has 94 valence electrons. The van der Waals surface area contributed by atoms with E-state index in [9.17, 15) is 0 Å². The third kappa shape index (κ3) is 5.15. The zero-order chi connectivity index (χ0) is 12.7. The van der Waals surface area contributed by atoms with Crippen molar-refractivity contribution in [2.45, 2.75) is 6.92 Å². The first-order valence-corrected chi connectivity index (χ1v) is 9.37. The third-order valence-electron chi connectivity index (χ3n) is 2.16. The highest BCUT2D eigenvalue weighted by atomic mass is 127. The van der Waals surface area contributed by atoms with Gasteiger partial charge in [0.1, 0.15) is 6.73 Å². The molecule has 0 atom stereocenters. The molecule has 0 amide bonds. The lowest BCUT2D eigenvalue weighted by Crippen LogP contribution is -2.09. The van der Waals surface area contributed by atoms with Gasteiger partial charge in [0.05, 0.1) is 6.61 Å².